The van der Waals surface area contributed by atoms with Crippen LogP contribution >= 0.6 is 23.2 Å². The van der Waals surface area contributed by atoms with Gasteiger partial charge in [0, 0.05) is 18.2 Å². The van der Waals surface area contributed by atoms with Gasteiger partial charge in [0.25, 0.3) is 5.91 Å². The van der Waals surface area contributed by atoms with Gasteiger partial charge in [0.05, 0.1) is 43.2 Å². The number of hydrogen-bond donors (Lipinski definition) is 1. The number of azo groups is 1. The summed E-state index contributed by atoms with van der Waals surface area (Å²) in [6.07, 6.45) is 0. The van der Waals surface area contributed by atoms with Crippen LogP contribution in [0.2, 0.25) is 10.0 Å². The van der Waals surface area contributed by atoms with Crippen LogP contribution in [-0.4, -0.2) is 45.2 Å². The lowest BCUT2D eigenvalue weighted by Gasteiger charge is -2.16. The van der Waals surface area contributed by atoms with Crippen molar-refractivity contribution in [2.24, 2.45) is 10.2 Å². The van der Waals surface area contributed by atoms with Crippen molar-refractivity contribution in [3.8, 4) is 23.0 Å². The molecule has 0 fully saturated rings. The fourth-order valence-electron chi connectivity index (χ4n) is 2.76. The van der Waals surface area contributed by atoms with Crippen molar-refractivity contribution in [3.63, 3.8) is 0 Å². The molecule has 2 aromatic carbocycles. The van der Waals surface area contributed by atoms with Crippen LogP contribution in [0.1, 0.15) is 20.8 Å². The molecule has 0 aliphatic heterocycles. The molecule has 0 aliphatic rings. The Labute approximate surface area is 202 Å². The maximum Gasteiger partial charge on any atom is 0.258 e. The second-order valence-electron chi connectivity index (χ2n) is 6.52. The number of amides is 1. The molecule has 11 heteroatoms. The summed E-state index contributed by atoms with van der Waals surface area (Å²) in [4.78, 5) is 25.1. The van der Waals surface area contributed by atoms with E-state index in [9.17, 15) is 9.59 Å². The summed E-state index contributed by atoms with van der Waals surface area (Å²) in [7, 11) is 2.89. The maximum atomic E-state index is 12.9. The zero-order valence-electron chi connectivity index (χ0n) is 18.9. The molecule has 0 bridgehead atoms. The van der Waals surface area contributed by atoms with Crippen molar-refractivity contribution in [3.05, 3.63) is 34.3 Å². The Kier molecular flexibility index (Phi) is 9.74. The van der Waals surface area contributed by atoms with Gasteiger partial charge in [-0.25, -0.2) is 0 Å². The van der Waals surface area contributed by atoms with Crippen LogP contribution in [0.4, 0.5) is 11.4 Å². The molecule has 0 radical (unpaired) electrons. The molecule has 1 N–H and O–H groups in total. The van der Waals surface area contributed by atoms with Gasteiger partial charge >= 0.3 is 0 Å². The van der Waals surface area contributed by atoms with E-state index >= 15 is 0 Å². The molecular weight excluding hydrogens is 473 g/mol. The van der Waals surface area contributed by atoms with Gasteiger partial charge in [-0.1, -0.05) is 23.2 Å². The zero-order chi connectivity index (χ0) is 24.5. The van der Waals surface area contributed by atoms with Crippen LogP contribution in [0.15, 0.2) is 34.5 Å². The minimum atomic E-state index is -1.44. The quantitative estimate of drug-likeness (QED) is 0.324. The predicted octanol–water partition coefficient (Wildman–Crippen LogP) is 5.49. The number of nitrogens with one attached hydrogen (secondary N) is 1. The van der Waals surface area contributed by atoms with E-state index in [1.54, 1.807) is 19.1 Å². The predicted molar refractivity (Wildman–Crippen MR) is 126 cm³/mol. The number of rotatable bonds is 11. The molecule has 1 unspecified atom stereocenters. The molecule has 2 rings (SSSR count). The van der Waals surface area contributed by atoms with Gasteiger partial charge < -0.3 is 24.3 Å². The van der Waals surface area contributed by atoms with E-state index in [-0.39, 0.29) is 27.2 Å². The van der Waals surface area contributed by atoms with Crippen molar-refractivity contribution in [2.75, 3.05) is 32.8 Å². The summed E-state index contributed by atoms with van der Waals surface area (Å²) >= 11 is 12.4. The SMILES string of the molecule is CCOc1cc(Cl)c(OCC)c(NC(=O)C(N=Nc2cc(Cl)c(OC)cc2OC)C(C)=O)c1. The van der Waals surface area contributed by atoms with Crippen LogP contribution in [0, 0.1) is 0 Å². The molecule has 0 aromatic heterocycles. The fraction of sp³-hybridized carbons (Fsp3) is 0.364. The highest BCUT2D eigenvalue weighted by Crippen LogP contribution is 2.39. The number of anilines is 1. The van der Waals surface area contributed by atoms with E-state index in [0.29, 0.717) is 30.5 Å². The monoisotopic (exact) mass is 497 g/mol. The van der Waals surface area contributed by atoms with Crippen molar-refractivity contribution >= 4 is 46.3 Å². The summed E-state index contributed by atoms with van der Waals surface area (Å²) in [5.74, 6) is 0.106. The lowest BCUT2D eigenvalue weighted by Crippen LogP contribution is -2.32. The van der Waals surface area contributed by atoms with Gasteiger partial charge in [-0.05, 0) is 26.8 Å². The van der Waals surface area contributed by atoms with Crippen molar-refractivity contribution < 1.29 is 28.5 Å². The average Bonchev–Trinajstić information content (AvgIpc) is 2.76. The van der Waals surface area contributed by atoms with Crippen molar-refractivity contribution in [1.29, 1.82) is 0 Å². The lowest BCUT2D eigenvalue weighted by atomic mass is 10.2. The Hall–Kier alpha value is -3.04. The smallest absolute Gasteiger partial charge is 0.258 e. The van der Waals surface area contributed by atoms with E-state index < -0.39 is 17.7 Å². The summed E-state index contributed by atoms with van der Waals surface area (Å²) in [6, 6.07) is 4.66. The molecule has 178 valence electrons. The minimum absolute atomic E-state index is 0.221. The van der Waals surface area contributed by atoms with Crippen molar-refractivity contribution in [1.82, 2.24) is 0 Å². The highest BCUT2D eigenvalue weighted by atomic mass is 35.5. The largest absolute Gasteiger partial charge is 0.495 e. The second kappa shape index (κ2) is 12.3. The third kappa shape index (κ3) is 6.72. The first-order valence-electron chi connectivity index (χ1n) is 9.98. The van der Waals surface area contributed by atoms with Crippen molar-refractivity contribution in [2.45, 2.75) is 26.8 Å². The van der Waals surface area contributed by atoms with Crippen LogP contribution in [0.5, 0.6) is 23.0 Å². The van der Waals surface area contributed by atoms with E-state index in [1.165, 1.54) is 33.3 Å². The molecule has 33 heavy (non-hydrogen) atoms. The number of methoxy groups -OCH3 is 2. The Morgan fingerprint density at radius 2 is 1.64 bits per heavy atom. The van der Waals surface area contributed by atoms with Gasteiger partial charge in [0.2, 0.25) is 6.04 Å². The highest BCUT2D eigenvalue weighted by Gasteiger charge is 2.25. The van der Waals surface area contributed by atoms with Gasteiger partial charge in [-0.3, -0.25) is 9.59 Å². The van der Waals surface area contributed by atoms with Crippen LogP contribution < -0.4 is 24.3 Å². The molecule has 0 aliphatic carbocycles. The average molecular weight is 498 g/mol. The van der Waals surface area contributed by atoms with E-state index in [2.05, 4.69) is 15.5 Å². The normalized spacial score (nSPS) is 11.7. The van der Waals surface area contributed by atoms with E-state index in [1.807, 2.05) is 6.92 Å². The summed E-state index contributed by atoms with van der Waals surface area (Å²) in [5, 5.41) is 11.1. The van der Waals surface area contributed by atoms with Gasteiger partial charge in [-0.15, -0.1) is 0 Å². The van der Waals surface area contributed by atoms with Crippen LogP contribution in [-0.2, 0) is 9.59 Å². The number of benzene rings is 2. The van der Waals surface area contributed by atoms with E-state index in [0.717, 1.165) is 0 Å². The second-order valence-corrected chi connectivity index (χ2v) is 7.34. The number of carbonyl (C=O) groups is 2. The number of Topliss-reactive ketones (excluding diaryl/α,β-unsaturated/α-hetero) is 1. The molecule has 0 saturated heterocycles. The number of halogens is 2. The zero-order valence-corrected chi connectivity index (χ0v) is 20.4. The van der Waals surface area contributed by atoms with Gasteiger partial charge in [0.1, 0.15) is 22.9 Å². The van der Waals surface area contributed by atoms with Gasteiger partial charge in [0.15, 0.2) is 11.5 Å². The first kappa shape index (κ1) is 26.2. The first-order chi connectivity index (χ1) is 15.7. The molecule has 0 heterocycles. The molecular formula is C22H25Cl2N3O6. The number of carbonyl (C=O) groups excluding carboxylic acids is 2. The van der Waals surface area contributed by atoms with E-state index in [4.69, 9.17) is 42.1 Å². The Morgan fingerprint density at radius 3 is 2.21 bits per heavy atom. The lowest BCUT2D eigenvalue weighted by molar-refractivity contribution is -0.126. The number of nitrogens with zero attached hydrogens (tertiary/aromatic N) is 2. The number of ketones is 1. The van der Waals surface area contributed by atoms with Crippen LogP contribution in [0.3, 0.4) is 0 Å². The minimum Gasteiger partial charge on any atom is -0.495 e. The van der Waals surface area contributed by atoms with Gasteiger partial charge in [-0.2, -0.15) is 10.2 Å². The molecule has 1 amide bonds. The summed E-state index contributed by atoms with van der Waals surface area (Å²) in [6.45, 7) is 5.53. The highest BCUT2D eigenvalue weighted by molar-refractivity contribution is 6.33. The fourth-order valence-corrected chi connectivity index (χ4v) is 3.26. The molecule has 1 atom stereocenters. The Morgan fingerprint density at radius 1 is 0.970 bits per heavy atom. The number of hydrogen-bond acceptors (Lipinski definition) is 8. The first-order valence-corrected chi connectivity index (χ1v) is 10.7. The Bertz CT molecular complexity index is 1050. The van der Waals surface area contributed by atoms with Crippen LogP contribution in [0.25, 0.3) is 0 Å². The third-order valence-corrected chi connectivity index (χ3v) is 4.82. The number of ether oxygens (including phenoxy) is 4. The Balaban J connectivity index is 2.37. The summed E-state index contributed by atoms with van der Waals surface area (Å²) in [5.41, 5.74) is 0.461. The standard InChI is InChI=1S/C22H25Cl2N3O6/c1-6-32-13-8-15(24)21(33-7-2)17(9-13)25-22(29)20(12(3)28)27-26-16-10-14(23)18(30-4)11-19(16)31-5/h8-11,20H,6-7H2,1-5H3,(H,25,29). The molecule has 9 nitrogen and oxygen atoms in total. The molecule has 0 saturated carbocycles. The summed E-state index contributed by atoms with van der Waals surface area (Å²) < 4.78 is 21.4. The molecule has 2 aromatic rings. The maximum absolute atomic E-state index is 12.9. The molecule has 0 spiro atoms. The topological polar surface area (TPSA) is 108 Å². The third-order valence-electron chi connectivity index (χ3n) is 4.24.